The van der Waals surface area contributed by atoms with Crippen molar-refractivity contribution < 1.29 is 14.3 Å². The second-order valence-corrected chi connectivity index (χ2v) is 10.7. The van der Waals surface area contributed by atoms with Crippen LogP contribution < -0.4 is 15.4 Å². The lowest BCUT2D eigenvalue weighted by atomic mass is 9.86. The maximum absolute atomic E-state index is 13.3. The fraction of sp³-hybridized carbons (Fsp3) is 0.387. The molecule has 3 aromatic rings. The van der Waals surface area contributed by atoms with Crippen LogP contribution in [0.1, 0.15) is 67.3 Å². The number of rotatable bonds is 7. The van der Waals surface area contributed by atoms with Crippen LogP contribution in [0.25, 0.3) is 11.1 Å². The Balaban J connectivity index is 1.58. The van der Waals surface area contributed by atoms with Crippen LogP contribution in [0.4, 0.5) is 5.69 Å². The van der Waals surface area contributed by atoms with Gasteiger partial charge >= 0.3 is 0 Å². The fourth-order valence-electron chi connectivity index (χ4n) is 5.02. The molecule has 2 amide bonds. The molecule has 2 aromatic carbocycles. The smallest absolute Gasteiger partial charge is 0.253 e. The van der Waals surface area contributed by atoms with Gasteiger partial charge in [0, 0.05) is 48.7 Å². The van der Waals surface area contributed by atoms with Gasteiger partial charge in [-0.05, 0) is 66.3 Å². The summed E-state index contributed by atoms with van der Waals surface area (Å²) < 4.78 is 5.69. The van der Waals surface area contributed by atoms with E-state index in [0.717, 1.165) is 23.2 Å². The molecule has 1 aromatic heterocycles. The molecule has 1 aliphatic heterocycles. The highest BCUT2D eigenvalue weighted by molar-refractivity contribution is 6.00. The minimum atomic E-state index is -0.490. The fourth-order valence-corrected chi connectivity index (χ4v) is 5.02. The van der Waals surface area contributed by atoms with Gasteiger partial charge in [-0.15, -0.1) is 0 Å². The molecule has 4 rings (SSSR count). The van der Waals surface area contributed by atoms with Crippen molar-refractivity contribution in [1.29, 1.82) is 0 Å². The Labute approximate surface area is 225 Å². The zero-order valence-corrected chi connectivity index (χ0v) is 23.0. The van der Waals surface area contributed by atoms with E-state index in [1.807, 2.05) is 66.4 Å². The lowest BCUT2D eigenvalue weighted by molar-refractivity contribution is 0.0720. The number of benzene rings is 2. The summed E-state index contributed by atoms with van der Waals surface area (Å²) in [4.78, 5) is 34.4. The van der Waals surface area contributed by atoms with E-state index < -0.39 is 5.91 Å². The maximum Gasteiger partial charge on any atom is 0.253 e. The van der Waals surface area contributed by atoms with E-state index in [4.69, 9.17) is 10.5 Å². The van der Waals surface area contributed by atoms with Crippen LogP contribution in [0.3, 0.4) is 0 Å². The SMILES string of the molecule is CCOc1ncccc1-c1ccc(N2CCN(C(=O)c3ccc(C(C)(C)C)cc3)C[C@H]2CC)c(C(N)=O)c1. The third-order valence-corrected chi connectivity index (χ3v) is 7.17. The zero-order chi connectivity index (χ0) is 27.4. The number of carbonyl (C=O) groups excluding carboxylic acids is 2. The first-order valence-electron chi connectivity index (χ1n) is 13.3. The maximum atomic E-state index is 13.3. The highest BCUT2D eigenvalue weighted by Gasteiger charge is 2.31. The van der Waals surface area contributed by atoms with Crippen molar-refractivity contribution >= 4 is 17.5 Å². The molecule has 1 atom stereocenters. The molecule has 200 valence electrons. The Bertz CT molecular complexity index is 1300. The Morgan fingerprint density at radius 1 is 1.05 bits per heavy atom. The van der Waals surface area contributed by atoms with Crippen molar-refractivity contribution in [2.75, 3.05) is 31.1 Å². The van der Waals surface area contributed by atoms with Crippen molar-refractivity contribution in [1.82, 2.24) is 9.88 Å². The number of aromatic nitrogens is 1. The van der Waals surface area contributed by atoms with Crippen LogP contribution in [0.5, 0.6) is 5.88 Å². The summed E-state index contributed by atoms with van der Waals surface area (Å²) in [6.45, 7) is 12.7. The predicted octanol–water partition coefficient (Wildman–Crippen LogP) is 5.28. The molecule has 0 saturated carbocycles. The highest BCUT2D eigenvalue weighted by Crippen LogP contribution is 2.34. The van der Waals surface area contributed by atoms with E-state index in [9.17, 15) is 9.59 Å². The quantitative estimate of drug-likeness (QED) is 0.463. The monoisotopic (exact) mass is 514 g/mol. The molecule has 2 N–H and O–H groups in total. The number of piperazine rings is 1. The number of primary amides is 1. The zero-order valence-electron chi connectivity index (χ0n) is 23.0. The van der Waals surface area contributed by atoms with Crippen molar-refractivity contribution in [3.8, 4) is 17.0 Å². The summed E-state index contributed by atoms with van der Waals surface area (Å²) in [5, 5.41) is 0. The van der Waals surface area contributed by atoms with Crippen LogP contribution >= 0.6 is 0 Å². The number of hydrogen-bond donors (Lipinski definition) is 1. The summed E-state index contributed by atoms with van der Waals surface area (Å²) >= 11 is 0. The number of ether oxygens (including phenoxy) is 1. The molecule has 1 saturated heterocycles. The van der Waals surface area contributed by atoms with Crippen LogP contribution in [-0.2, 0) is 5.41 Å². The van der Waals surface area contributed by atoms with E-state index in [0.29, 0.717) is 43.2 Å². The Morgan fingerprint density at radius 2 is 1.79 bits per heavy atom. The van der Waals surface area contributed by atoms with Gasteiger partial charge in [-0.2, -0.15) is 0 Å². The molecule has 38 heavy (non-hydrogen) atoms. The molecule has 0 spiro atoms. The van der Waals surface area contributed by atoms with Gasteiger partial charge in [0.2, 0.25) is 5.88 Å². The normalized spacial score (nSPS) is 15.9. The van der Waals surface area contributed by atoms with Crippen molar-refractivity contribution in [2.45, 2.75) is 52.5 Å². The molecule has 7 heteroatoms. The van der Waals surface area contributed by atoms with Crippen LogP contribution in [0.15, 0.2) is 60.8 Å². The second kappa shape index (κ2) is 11.3. The Kier molecular flexibility index (Phi) is 8.05. The highest BCUT2D eigenvalue weighted by atomic mass is 16.5. The van der Waals surface area contributed by atoms with Crippen molar-refractivity contribution in [2.24, 2.45) is 5.73 Å². The molecular formula is C31H38N4O3. The lowest BCUT2D eigenvalue weighted by Gasteiger charge is -2.43. The summed E-state index contributed by atoms with van der Waals surface area (Å²) in [5.41, 5.74) is 10.7. The van der Waals surface area contributed by atoms with Crippen LogP contribution in [-0.4, -0.2) is 54.0 Å². The van der Waals surface area contributed by atoms with Crippen LogP contribution in [0, 0.1) is 0 Å². The van der Waals surface area contributed by atoms with Gasteiger partial charge in [0.25, 0.3) is 11.8 Å². The van der Waals surface area contributed by atoms with Crippen molar-refractivity contribution in [3.05, 3.63) is 77.5 Å². The van der Waals surface area contributed by atoms with Gasteiger partial charge in [0.15, 0.2) is 0 Å². The van der Waals surface area contributed by atoms with Gasteiger partial charge in [-0.25, -0.2) is 4.98 Å². The molecule has 1 aliphatic rings. The molecular weight excluding hydrogens is 476 g/mol. The van der Waals surface area contributed by atoms with E-state index in [1.165, 1.54) is 5.56 Å². The van der Waals surface area contributed by atoms with Crippen LogP contribution in [0.2, 0.25) is 0 Å². The second-order valence-electron chi connectivity index (χ2n) is 10.7. The first-order valence-corrected chi connectivity index (χ1v) is 13.3. The van der Waals surface area contributed by atoms with E-state index in [1.54, 1.807) is 6.20 Å². The predicted molar refractivity (Wildman–Crippen MR) is 152 cm³/mol. The van der Waals surface area contributed by atoms with E-state index >= 15 is 0 Å². The van der Waals surface area contributed by atoms with E-state index in [2.05, 4.69) is 37.6 Å². The minimum absolute atomic E-state index is 0.0362. The number of pyridine rings is 1. The number of amides is 2. The summed E-state index contributed by atoms with van der Waals surface area (Å²) in [6, 6.07) is 17.5. The minimum Gasteiger partial charge on any atom is -0.478 e. The van der Waals surface area contributed by atoms with Gasteiger partial charge in [0.1, 0.15) is 0 Å². The standard InChI is InChI=1S/C31H38N4O3/c1-6-24-20-34(30(37)21-10-13-23(14-11-21)31(3,4)5)17-18-35(24)27-15-12-22(19-26(27)28(32)36)25-9-8-16-33-29(25)38-7-2/h8-16,19,24H,6-7,17-18,20H2,1-5H3,(H2,32,36)/t24-/m1/s1. The summed E-state index contributed by atoms with van der Waals surface area (Å²) in [6.07, 6.45) is 2.51. The Morgan fingerprint density at radius 3 is 2.42 bits per heavy atom. The lowest BCUT2D eigenvalue weighted by Crippen LogP contribution is -2.55. The first-order chi connectivity index (χ1) is 18.1. The average Bonchev–Trinajstić information content (AvgIpc) is 2.92. The molecule has 7 nitrogen and oxygen atoms in total. The number of nitrogens with zero attached hydrogens (tertiary/aromatic N) is 3. The number of anilines is 1. The van der Waals surface area contributed by atoms with Gasteiger partial charge in [-0.3, -0.25) is 9.59 Å². The summed E-state index contributed by atoms with van der Waals surface area (Å²) in [7, 11) is 0. The number of carbonyl (C=O) groups is 2. The summed E-state index contributed by atoms with van der Waals surface area (Å²) in [5.74, 6) is 0.0670. The molecule has 2 heterocycles. The third kappa shape index (κ3) is 5.67. The van der Waals surface area contributed by atoms with Gasteiger partial charge < -0.3 is 20.3 Å². The number of nitrogens with two attached hydrogens (primary N) is 1. The Hall–Kier alpha value is -3.87. The first kappa shape index (κ1) is 27.2. The average molecular weight is 515 g/mol. The molecule has 0 unspecified atom stereocenters. The molecule has 0 radical (unpaired) electrons. The van der Waals surface area contributed by atoms with Gasteiger partial charge in [-0.1, -0.05) is 45.9 Å². The molecule has 0 aliphatic carbocycles. The van der Waals surface area contributed by atoms with Crippen molar-refractivity contribution in [3.63, 3.8) is 0 Å². The number of hydrogen-bond acceptors (Lipinski definition) is 5. The topological polar surface area (TPSA) is 88.8 Å². The molecule has 0 bridgehead atoms. The van der Waals surface area contributed by atoms with Gasteiger partial charge in [0.05, 0.1) is 12.2 Å². The largest absolute Gasteiger partial charge is 0.478 e. The molecule has 1 fully saturated rings. The third-order valence-electron chi connectivity index (χ3n) is 7.17. The van der Waals surface area contributed by atoms with E-state index in [-0.39, 0.29) is 17.4 Å².